The third-order valence-corrected chi connectivity index (χ3v) is 3.25. The molecule has 1 aromatic carbocycles. The Labute approximate surface area is 106 Å². The minimum Gasteiger partial charge on any atom is -0.497 e. The number of benzene rings is 1. The van der Waals surface area contributed by atoms with Crippen LogP contribution in [0.4, 0.5) is 0 Å². The molecule has 0 saturated heterocycles. The van der Waals surface area contributed by atoms with E-state index >= 15 is 0 Å². The molecule has 1 aliphatic rings. The summed E-state index contributed by atoms with van der Waals surface area (Å²) in [5.41, 5.74) is 8.80. The Hall–Kier alpha value is -1.88. The van der Waals surface area contributed by atoms with E-state index in [0.29, 0.717) is 12.5 Å². The van der Waals surface area contributed by atoms with Crippen molar-refractivity contribution in [3.63, 3.8) is 0 Å². The molecular weight excluding hydrogens is 228 g/mol. The van der Waals surface area contributed by atoms with Gasteiger partial charge in [-0.1, -0.05) is 5.21 Å². The molecule has 0 bridgehead atoms. The zero-order valence-corrected chi connectivity index (χ0v) is 10.3. The Balaban J connectivity index is 2.02. The van der Waals surface area contributed by atoms with E-state index in [-0.39, 0.29) is 0 Å². The molecule has 18 heavy (non-hydrogen) atoms. The first-order valence-corrected chi connectivity index (χ1v) is 6.12. The highest BCUT2D eigenvalue weighted by molar-refractivity contribution is 5.39. The van der Waals surface area contributed by atoms with Crippen molar-refractivity contribution in [1.29, 1.82) is 0 Å². The van der Waals surface area contributed by atoms with Crippen LogP contribution in [0.15, 0.2) is 24.3 Å². The fraction of sp³-hybridized carbons (Fsp3) is 0.385. The lowest BCUT2D eigenvalue weighted by molar-refractivity contribution is 0.414. The minimum atomic E-state index is 0.446. The zero-order chi connectivity index (χ0) is 12.5. The normalized spacial score (nSPS) is 14.8. The number of aromatic nitrogens is 3. The summed E-state index contributed by atoms with van der Waals surface area (Å²) in [6, 6.07) is 7.82. The van der Waals surface area contributed by atoms with Gasteiger partial charge in [0.05, 0.1) is 18.5 Å². The Morgan fingerprint density at radius 1 is 1.33 bits per heavy atom. The van der Waals surface area contributed by atoms with Crippen molar-refractivity contribution in [3.8, 4) is 11.4 Å². The van der Waals surface area contributed by atoms with Crippen molar-refractivity contribution >= 4 is 0 Å². The van der Waals surface area contributed by atoms with E-state index in [1.54, 1.807) is 7.11 Å². The summed E-state index contributed by atoms with van der Waals surface area (Å²) in [4.78, 5) is 0. The molecule has 1 heterocycles. The topological polar surface area (TPSA) is 66.0 Å². The van der Waals surface area contributed by atoms with Crippen LogP contribution in [0.1, 0.15) is 30.1 Å². The van der Waals surface area contributed by atoms with Gasteiger partial charge in [-0.25, -0.2) is 4.68 Å². The number of methoxy groups -OCH3 is 1. The highest BCUT2D eigenvalue weighted by Gasteiger charge is 2.31. The second-order valence-corrected chi connectivity index (χ2v) is 4.51. The Morgan fingerprint density at radius 3 is 2.61 bits per heavy atom. The average Bonchev–Trinajstić information content (AvgIpc) is 3.18. The first kappa shape index (κ1) is 11.2. The number of hydrogen-bond donors (Lipinski definition) is 1. The molecule has 3 rings (SSSR count). The number of ether oxygens (including phenoxy) is 1. The summed E-state index contributed by atoms with van der Waals surface area (Å²) in [6.07, 6.45) is 2.41. The minimum absolute atomic E-state index is 0.446. The van der Waals surface area contributed by atoms with E-state index in [4.69, 9.17) is 10.5 Å². The van der Waals surface area contributed by atoms with Crippen LogP contribution < -0.4 is 10.5 Å². The lowest BCUT2D eigenvalue weighted by atomic mass is 10.2. The molecule has 0 radical (unpaired) electrons. The van der Waals surface area contributed by atoms with E-state index in [2.05, 4.69) is 10.3 Å². The monoisotopic (exact) mass is 244 g/mol. The number of hydrogen-bond acceptors (Lipinski definition) is 4. The maximum atomic E-state index is 5.72. The molecule has 1 saturated carbocycles. The van der Waals surface area contributed by atoms with Gasteiger partial charge in [0.15, 0.2) is 0 Å². The Morgan fingerprint density at radius 2 is 2.06 bits per heavy atom. The number of nitrogens with two attached hydrogens (primary N) is 1. The third-order valence-electron chi connectivity index (χ3n) is 3.25. The first-order chi connectivity index (χ1) is 8.83. The molecule has 1 aromatic heterocycles. The average molecular weight is 244 g/mol. The van der Waals surface area contributed by atoms with E-state index < -0.39 is 0 Å². The van der Waals surface area contributed by atoms with Crippen LogP contribution in [0, 0.1) is 0 Å². The quantitative estimate of drug-likeness (QED) is 0.887. The SMILES string of the molecule is COc1ccc(-n2nnc(CN)c2C2CC2)cc1. The predicted octanol–water partition coefficient (Wildman–Crippen LogP) is 1.61. The summed E-state index contributed by atoms with van der Waals surface area (Å²) >= 11 is 0. The van der Waals surface area contributed by atoms with Gasteiger partial charge in [0.1, 0.15) is 11.4 Å². The fourth-order valence-electron chi connectivity index (χ4n) is 2.15. The lowest BCUT2D eigenvalue weighted by Crippen LogP contribution is -2.05. The summed E-state index contributed by atoms with van der Waals surface area (Å²) in [6.45, 7) is 0.446. The summed E-state index contributed by atoms with van der Waals surface area (Å²) < 4.78 is 7.06. The van der Waals surface area contributed by atoms with Crippen molar-refractivity contribution in [1.82, 2.24) is 15.0 Å². The zero-order valence-electron chi connectivity index (χ0n) is 10.3. The van der Waals surface area contributed by atoms with E-state index in [1.165, 1.54) is 18.5 Å². The van der Waals surface area contributed by atoms with Gasteiger partial charge in [-0.05, 0) is 37.1 Å². The molecule has 0 amide bonds. The van der Waals surface area contributed by atoms with Crippen molar-refractivity contribution in [3.05, 3.63) is 35.7 Å². The second-order valence-electron chi connectivity index (χ2n) is 4.51. The molecule has 0 aliphatic heterocycles. The summed E-state index contributed by atoms with van der Waals surface area (Å²) in [7, 11) is 1.66. The van der Waals surface area contributed by atoms with Crippen molar-refractivity contribution in [2.24, 2.45) is 5.73 Å². The van der Waals surface area contributed by atoms with Crippen LogP contribution in [0.3, 0.4) is 0 Å². The summed E-state index contributed by atoms with van der Waals surface area (Å²) in [5, 5.41) is 8.39. The van der Waals surface area contributed by atoms with Crippen molar-refractivity contribution in [2.75, 3.05) is 7.11 Å². The van der Waals surface area contributed by atoms with Gasteiger partial charge in [0, 0.05) is 12.5 Å². The Bertz CT molecular complexity index is 543. The predicted molar refractivity (Wildman–Crippen MR) is 67.8 cm³/mol. The van der Waals surface area contributed by atoms with Crippen molar-refractivity contribution in [2.45, 2.75) is 25.3 Å². The van der Waals surface area contributed by atoms with Crippen molar-refractivity contribution < 1.29 is 4.74 Å². The van der Waals surface area contributed by atoms with Crippen LogP contribution in [0.25, 0.3) is 5.69 Å². The maximum absolute atomic E-state index is 5.72. The second kappa shape index (κ2) is 4.42. The molecule has 0 unspecified atom stereocenters. The molecule has 5 nitrogen and oxygen atoms in total. The molecule has 1 aliphatic carbocycles. The van der Waals surface area contributed by atoms with E-state index in [9.17, 15) is 0 Å². The fourth-order valence-corrected chi connectivity index (χ4v) is 2.15. The molecule has 2 aromatic rings. The molecule has 2 N–H and O–H groups in total. The van der Waals surface area contributed by atoms with Gasteiger partial charge in [-0.2, -0.15) is 0 Å². The molecule has 5 heteroatoms. The smallest absolute Gasteiger partial charge is 0.119 e. The first-order valence-electron chi connectivity index (χ1n) is 6.12. The lowest BCUT2D eigenvalue weighted by Gasteiger charge is -2.07. The standard InChI is InChI=1S/C13H16N4O/c1-18-11-6-4-10(5-7-11)17-13(9-2-3-9)12(8-14)15-16-17/h4-7,9H,2-3,8,14H2,1H3. The van der Waals surface area contributed by atoms with Gasteiger partial charge in [0.25, 0.3) is 0 Å². The van der Waals surface area contributed by atoms with Crippen LogP contribution >= 0.6 is 0 Å². The Kier molecular flexibility index (Phi) is 2.76. The molecule has 1 fully saturated rings. The summed E-state index contributed by atoms with van der Waals surface area (Å²) in [5.74, 6) is 1.41. The highest BCUT2D eigenvalue weighted by Crippen LogP contribution is 2.41. The highest BCUT2D eigenvalue weighted by atomic mass is 16.5. The van der Waals surface area contributed by atoms with E-state index in [1.807, 2.05) is 28.9 Å². The van der Waals surface area contributed by atoms with Gasteiger partial charge < -0.3 is 10.5 Å². The number of nitrogens with zero attached hydrogens (tertiary/aromatic N) is 3. The third kappa shape index (κ3) is 1.86. The van der Waals surface area contributed by atoms with Gasteiger partial charge >= 0.3 is 0 Å². The number of rotatable bonds is 4. The van der Waals surface area contributed by atoms with Crippen LogP contribution in [0.5, 0.6) is 5.75 Å². The van der Waals surface area contributed by atoms with Crippen LogP contribution in [-0.4, -0.2) is 22.1 Å². The van der Waals surface area contributed by atoms with E-state index in [0.717, 1.165) is 17.1 Å². The van der Waals surface area contributed by atoms with Gasteiger partial charge in [-0.15, -0.1) is 5.10 Å². The molecule has 94 valence electrons. The molecule has 0 spiro atoms. The largest absolute Gasteiger partial charge is 0.497 e. The molecule has 0 atom stereocenters. The van der Waals surface area contributed by atoms with Crippen LogP contribution in [-0.2, 0) is 6.54 Å². The maximum Gasteiger partial charge on any atom is 0.119 e. The van der Waals surface area contributed by atoms with Gasteiger partial charge in [0.2, 0.25) is 0 Å². The van der Waals surface area contributed by atoms with Crippen LogP contribution in [0.2, 0.25) is 0 Å². The molecular formula is C13H16N4O. The van der Waals surface area contributed by atoms with Gasteiger partial charge in [-0.3, -0.25) is 0 Å².